The van der Waals surface area contributed by atoms with E-state index in [-0.39, 0.29) is 5.75 Å². The third-order valence-corrected chi connectivity index (χ3v) is 2.68. The average molecular weight is 272 g/mol. The molecular weight excluding hydrogens is 256 g/mol. The molecule has 2 aromatic rings. The van der Waals surface area contributed by atoms with Gasteiger partial charge in [0, 0.05) is 5.56 Å². The number of hydrogen-bond donors (Lipinski definition) is 2. The zero-order chi connectivity index (χ0) is 14.4. The number of phenols is 1. The lowest BCUT2D eigenvalue weighted by Crippen LogP contribution is -1.94. The Kier molecular flexibility index (Phi) is 4.44. The Bertz CT molecular complexity index is 572. The van der Waals surface area contributed by atoms with Crippen LogP contribution >= 0.6 is 0 Å². The molecule has 2 rings (SSSR count). The highest BCUT2D eigenvalue weighted by Gasteiger charge is 2.09. The number of hydrazone groups is 1. The number of benzene rings is 2. The van der Waals surface area contributed by atoms with Crippen LogP contribution in [-0.2, 0) is 0 Å². The molecule has 0 bridgehead atoms. The van der Waals surface area contributed by atoms with Crippen LogP contribution in [0.5, 0.6) is 17.2 Å². The van der Waals surface area contributed by atoms with Crippen LogP contribution < -0.4 is 14.9 Å². The minimum Gasteiger partial charge on any atom is -0.502 e. The maximum Gasteiger partial charge on any atom is 0.200 e. The number of aromatic hydroxyl groups is 1. The molecular formula is C15H16N2O3. The first-order valence-corrected chi connectivity index (χ1v) is 6.03. The van der Waals surface area contributed by atoms with Gasteiger partial charge in [0.1, 0.15) is 0 Å². The first-order valence-electron chi connectivity index (χ1n) is 6.03. The van der Waals surface area contributed by atoms with E-state index < -0.39 is 0 Å². The molecule has 0 atom stereocenters. The van der Waals surface area contributed by atoms with Crippen molar-refractivity contribution in [3.63, 3.8) is 0 Å². The lowest BCUT2D eigenvalue weighted by atomic mass is 10.2. The first-order chi connectivity index (χ1) is 9.74. The number of phenolic OH excluding ortho intramolecular Hbond substituents is 1. The van der Waals surface area contributed by atoms with Crippen LogP contribution in [0.3, 0.4) is 0 Å². The summed E-state index contributed by atoms with van der Waals surface area (Å²) in [5, 5.41) is 13.9. The predicted molar refractivity (Wildman–Crippen MR) is 78.9 cm³/mol. The highest BCUT2D eigenvalue weighted by atomic mass is 16.5. The normalized spacial score (nSPS) is 10.5. The van der Waals surface area contributed by atoms with Crippen LogP contribution in [0.2, 0.25) is 0 Å². The molecule has 0 amide bonds. The average Bonchev–Trinajstić information content (AvgIpc) is 2.49. The molecule has 2 aromatic carbocycles. The second kappa shape index (κ2) is 6.47. The van der Waals surface area contributed by atoms with Crippen LogP contribution in [-0.4, -0.2) is 25.5 Å². The Morgan fingerprint density at radius 1 is 1.05 bits per heavy atom. The Morgan fingerprint density at radius 2 is 1.65 bits per heavy atom. The quantitative estimate of drug-likeness (QED) is 0.649. The molecule has 0 fully saturated rings. The van der Waals surface area contributed by atoms with Gasteiger partial charge in [-0.2, -0.15) is 5.10 Å². The van der Waals surface area contributed by atoms with Crippen LogP contribution in [0.25, 0.3) is 0 Å². The Hall–Kier alpha value is -2.69. The summed E-state index contributed by atoms with van der Waals surface area (Å²) in [4.78, 5) is 0. The molecule has 5 heteroatoms. The maximum atomic E-state index is 9.81. The van der Waals surface area contributed by atoms with Gasteiger partial charge < -0.3 is 14.6 Å². The number of methoxy groups -OCH3 is 2. The lowest BCUT2D eigenvalue weighted by Gasteiger charge is -2.09. The highest BCUT2D eigenvalue weighted by Crippen LogP contribution is 2.36. The monoisotopic (exact) mass is 272 g/mol. The summed E-state index contributed by atoms with van der Waals surface area (Å²) in [6, 6.07) is 13.0. The van der Waals surface area contributed by atoms with Gasteiger partial charge in [0.25, 0.3) is 0 Å². The molecule has 20 heavy (non-hydrogen) atoms. The summed E-state index contributed by atoms with van der Waals surface area (Å²) in [6.07, 6.45) is 1.62. The topological polar surface area (TPSA) is 63.1 Å². The minimum absolute atomic E-state index is 0.0248. The molecule has 0 spiro atoms. The van der Waals surface area contributed by atoms with Crippen LogP contribution in [0.4, 0.5) is 5.69 Å². The summed E-state index contributed by atoms with van der Waals surface area (Å²) >= 11 is 0. The van der Waals surface area contributed by atoms with E-state index in [0.29, 0.717) is 11.5 Å². The molecule has 0 aliphatic carbocycles. The Labute approximate surface area is 117 Å². The van der Waals surface area contributed by atoms with E-state index in [0.717, 1.165) is 11.3 Å². The van der Waals surface area contributed by atoms with E-state index in [9.17, 15) is 5.11 Å². The number of ether oxygens (including phenoxy) is 2. The van der Waals surface area contributed by atoms with Gasteiger partial charge in [-0.05, 0) is 24.3 Å². The van der Waals surface area contributed by atoms with Crippen LogP contribution in [0.1, 0.15) is 5.56 Å². The van der Waals surface area contributed by atoms with Gasteiger partial charge in [-0.25, -0.2) is 0 Å². The van der Waals surface area contributed by atoms with E-state index >= 15 is 0 Å². The summed E-state index contributed by atoms with van der Waals surface area (Å²) < 4.78 is 10.2. The number of hydrogen-bond acceptors (Lipinski definition) is 5. The molecule has 0 unspecified atom stereocenters. The van der Waals surface area contributed by atoms with Crippen LogP contribution in [0, 0.1) is 0 Å². The van der Waals surface area contributed by atoms with E-state index in [4.69, 9.17) is 9.47 Å². The van der Waals surface area contributed by atoms with Crippen molar-refractivity contribution in [2.75, 3.05) is 19.6 Å². The minimum atomic E-state index is -0.0248. The zero-order valence-electron chi connectivity index (χ0n) is 11.3. The third kappa shape index (κ3) is 3.20. The van der Waals surface area contributed by atoms with Crippen molar-refractivity contribution in [3.8, 4) is 17.2 Å². The van der Waals surface area contributed by atoms with Crippen molar-refractivity contribution in [2.24, 2.45) is 5.10 Å². The lowest BCUT2D eigenvalue weighted by molar-refractivity contribution is 0.340. The maximum absolute atomic E-state index is 9.81. The fraction of sp³-hybridized carbons (Fsp3) is 0.133. The van der Waals surface area contributed by atoms with Gasteiger partial charge in [0.15, 0.2) is 11.5 Å². The summed E-state index contributed by atoms with van der Waals surface area (Å²) in [7, 11) is 2.97. The molecule has 5 nitrogen and oxygen atoms in total. The molecule has 0 saturated heterocycles. The van der Waals surface area contributed by atoms with Crippen molar-refractivity contribution < 1.29 is 14.6 Å². The van der Waals surface area contributed by atoms with Gasteiger partial charge in [0.05, 0.1) is 26.1 Å². The first kappa shape index (κ1) is 13.7. The number of rotatable bonds is 5. The van der Waals surface area contributed by atoms with Gasteiger partial charge in [-0.1, -0.05) is 18.2 Å². The Balaban J connectivity index is 2.16. The molecule has 2 N–H and O–H groups in total. The van der Waals surface area contributed by atoms with E-state index in [1.165, 1.54) is 14.2 Å². The third-order valence-electron chi connectivity index (χ3n) is 2.68. The van der Waals surface area contributed by atoms with Crippen molar-refractivity contribution in [2.45, 2.75) is 0 Å². The molecule has 0 saturated carbocycles. The summed E-state index contributed by atoms with van der Waals surface area (Å²) in [6.45, 7) is 0. The van der Waals surface area contributed by atoms with Gasteiger partial charge in [0.2, 0.25) is 5.75 Å². The number of nitrogens with one attached hydrogen (secondary N) is 1. The zero-order valence-corrected chi connectivity index (χ0v) is 11.3. The summed E-state index contributed by atoms with van der Waals surface area (Å²) in [5.41, 5.74) is 4.55. The highest BCUT2D eigenvalue weighted by molar-refractivity contribution is 5.82. The van der Waals surface area contributed by atoms with Crippen molar-refractivity contribution in [3.05, 3.63) is 48.0 Å². The largest absolute Gasteiger partial charge is 0.502 e. The second-order valence-electron chi connectivity index (χ2n) is 4.01. The fourth-order valence-corrected chi connectivity index (χ4v) is 1.68. The molecule has 104 valence electrons. The predicted octanol–water partition coefficient (Wildman–Crippen LogP) is 2.86. The second-order valence-corrected chi connectivity index (χ2v) is 4.01. The number of anilines is 1. The smallest absolute Gasteiger partial charge is 0.200 e. The van der Waals surface area contributed by atoms with Gasteiger partial charge in [-0.15, -0.1) is 0 Å². The molecule has 0 aliphatic rings. The summed E-state index contributed by atoms with van der Waals surface area (Å²) in [5.74, 6) is 0.652. The van der Waals surface area contributed by atoms with Crippen LogP contribution in [0.15, 0.2) is 47.6 Å². The molecule has 0 aromatic heterocycles. The van der Waals surface area contributed by atoms with E-state index in [2.05, 4.69) is 10.5 Å². The Morgan fingerprint density at radius 3 is 2.20 bits per heavy atom. The SMILES string of the molecule is COc1cc(/C=N\Nc2ccccc2)cc(OC)c1O. The molecule has 0 heterocycles. The molecule has 0 aliphatic heterocycles. The van der Waals surface area contributed by atoms with E-state index in [1.807, 2.05) is 30.3 Å². The van der Waals surface area contributed by atoms with Crippen molar-refractivity contribution >= 4 is 11.9 Å². The van der Waals surface area contributed by atoms with Crippen molar-refractivity contribution in [1.82, 2.24) is 0 Å². The van der Waals surface area contributed by atoms with Crippen molar-refractivity contribution in [1.29, 1.82) is 0 Å². The fourth-order valence-electron chi connectivity index (χ4n) is 1.68. The number of para-hydroxylation sites is 1. The van der Waals surface area contributed by atoms with Gasteiger partial charge >= 0.3 is 0 Å². The number of nitrogens with zero attached hydrogens (tertiary/aromatic N) is 1. The standard InChI is InChI=1S/C15H16N2O3/c1-19-13-8-11(9-14(20-2)15(13)18)10-16-17-12-6-4-3-5-7-12/h3-10,17-18H,1-2H3/b16-10-. The van der Waals surface area contributed by atoms with Gasteiger partial charge in [-0.3, -0.25) is 5.43 Å². The molecule has 0 radical (unpaired) electrons. The van der Waals surface area contributed by atoms with E-state index in [1.54, 1.807) is 18.3 Å².